The predicted molar refractivity (Wildman–Crippen MR) is 77.1 cm³/mol. The van der Waals surface area contributed by atoms with E-state index in [4.69, 9.17) is 21.4 Å². The number of nitrogens with zero attached hydrogens (tertiary/aromatic N) is 1. The number of nitro benzene ring substituents is 1. The molecule has 0 radical (unpaired) electrons. The predicted octanol–water partition coefficient (Wildman–Crippen LogP) is 3.62. The molecule has 7 heteroatoms. The molecule has 0 aliphatic carbocycles. The lowest BCUT2D eigenvalue weighted by Crippen LogP contribution is -1.99. The number of carboxylic acids is 1. The van der Waals surface area contributed by atoms with Crippen molar-refractivity contribution in [3.63, 3.8) is 0 Å². The van der Waals surface area contributed by atoms with Gasteiger partial charge in [0.05, 0.1) is 22.6 Å². The number of aromatic carboxylic acids is 1. The quantitative estimate of drug-likeness (QED) is 0.688. The molecular formula is C14H10ClNO5. The van der Waals surface area contributed by atoms with Crippen LogP contribution >= 0.6 is 11.6 Å². The van der Waals surface area contributed by atoms with E-state index in [-0.39, 0.29) is 11.3 Å². The number of non-ortho nitro benzene ring substituents is 1. The van der Waals surface area contributed by atoms with Crippen molar-refractivity contribution in [2.75, 3.05) is 7.11 Å². The zero-order valence-corrected chi connectivity index (χ0v) is 11.6. The lowest BCUT2D eigenvalue weighted by Gasteiger charge is -2.07. The SMILES string of the molecule is COc1ccc(-c2cc(C(=O)O)cc([N+](=O)[O-])c2)cc1Cl. The zero-order valence-electron chi connectivity index (χ0n) is 10.9. The van der Waals surface area contributed by atoms with Crippen molar-refractivity contribution in [2.45, 2.75) is 0 Å². The number of benzene rings is 2. The molecule has 0 aliphatic heterocycles. The van der Waals surface area contributed by atoms with E-state index in [1.54, 1.807) is 18.2 Å². The molecule has 0 unspecified atom stereocenters. The van der Waals surface area contributed by atoms with Gasteiger partial charge in [-0.3, -0.25) is 10.1 Å². The van der Waals surface area contributed by atoms with Crippen molar-refractivity contribution in [3.8, 4) is 16.9 Å². The minimum atomic E-state index is -1.24. The molecule has 108 valence electrons. The lowest BCUT2D eigenvalue weighted by molar-refractivity contribution is -0.384. The van der Waals surface area contributed by atoms with Crippen LogP contribution in [0.4, 0.5) is 5.69 Å². The highest BCUT2D eigenvalue weighted by Crippen LogP contribution is 2.32. The third kappa shape index (κ3) is 3.11. The van der Waals surface area contributed by atoms with Crippen LogP contribution < -0.4 is 4.74 Å². The molecule has 6 nitrogen and oxygen atoms in total. The number of methoxy groups -OCH3 is 1. The number of hydrogen-bond acceptors (Lipinski definition) is 4. The summed E-state index contributed by atoms with van der Waals surface area (Å²) in [6.45, 7) is 0. The van der Waals surface area contributed by atoms with Gasteiger partial charge in [-0.1, -0.05) is 17.7 Å². The van der Waals surface area contributed by atoms with Gasteiger partial charge in [0.1, 0.15) is 5.75 Å². The molecule has 0 bridgehead atoms. The molecule has 0 heterocycles. The number of rotatable bonds is 4. The summed E-state index contributed by atoms with van der Waals surface area (Å²) in [6.07, 6.45) is 0. The molecule has 1 N–H and O–H groups in total. The normalized spacial score (nSPS) is 10.2. The fraction of sp³-hybridized carbons (Fsp3) is 0.0714. The lowest BCUT2D eigenvalue weighted by atomic mass is 10.0. The number of hydrogen-bond donors (Lipinski definition) is 1. The monoisotopic (exact) mass is 307 g/mol. The molecular weight excluding hydrogens is 298 g/mol. The number of ether oxygens (including phenoxy) is 1. The van der Waals surface area contributed by atoms with Gasteiger partial charge in [-0.15, -0.1) is 0 Å². The first kappa shape index (κ1) is 14.8. The van der Waals surface area contributed by atoms with E-state index in [1.807, 2.05) is 0 Å². The Morgan fingerprint density at radius 2 is 1.95 bits per heavy atom. The van der Waals surface area contributed by atoms with Crippen LogP contribution in [-0.4, -0.2) is 23.1 Å². The summed E-state index contributed by atoms with van der Waals surface area (Å²) in [4.78, 5) is 21.3. The summed E-state index contributed by atoms with van der Waals surface area (Å²) >= 11 is 6.01. The summed E-state index contributed by atoms with van der Waals surface area (Å²) in [5, 5.41) is 20.3. The van der Waals surface area contributed by atoms with E-state index >= 15 is 0 Å². The van der Waals surface area contributed by atoms with Gasteiger partial charge in [-0.25, -0.2) is 4.79 Å². The molecule has 0 fully saturated rings. The van der Waals surface area contributed by atoms with Gasteiger partial charge in [0.2, 0.25) is 0 Å². The maximum atomic E-state index is 11.1. The summed E-state index contributed by atoms with van der Waals surface area (Å²) in [7, 11) is 1.47. The van der Waals surface area contributed by atoms with Gasteiger partial charge in [0.25, 0.3) is 5.69 Å². The van der Waals surface area contributed by atoms with Gasteiger partial charge in [0, 0.05) is 12.1 Å². The van der Waals surface area contributed by atoms with E-state index in [1.165, 1.54) is 19.2 Å². The zero-order chi connectivity index (χ0) is 15.6. The second-order valence-electron chi connectivity index (χ2n) is 4.18. The summed E-state index contributed by atoms with van der Waals surface area (Å²) in [5.74, 6) is -0.774. The maximum absolute atomic E-state index is 11.1. The summed E-state index contributed by atoms with van der Waals surface area (Å²) in [5.41, 5.74) is 0.501. The molecule has 0 saturated heterocycles. The van der Waals surface area contributed by atoms with Crippen molar-refractivity contribution < 1.29 is 19.6 Å². The average Bonchev–Trinajstić information content (AvgIpc) is 2.46. The molecule has 2 aromatic rings. The van der Waals surface area contributed by atoms with Crippen molar-refractivity contribution in [1.29, 1.82) is 0 Å². The fourth-order valence-corrected chi connectivity index (χ4v) is 2.11. The van der Waals surface area contributed by atoms with Crippen LogP contribution in [0.1, 0.15) is 10.4 Å². The second-order valence-corrected chi connectivity index (χ2v) is 4.59. The number of carboxylic acid groups (broad SMARTS) is 1. The van der Waals surface area contributed by atoms with Crippen LogP contribution in [0.5, 0.6) is 5.75 Å². The van der Waals surface area contributed by atoms with Crippen molar-refractivity contribution >= 4 is 23.3 Å². The number of halogens is 1. The minimum Gasteiger partial charge on any atom is -0.495 e. The Bertz CT molecular complexity index is 697. The van der Waals surface area contributed by atoms with Crippen LogP contribution in [0.3, 0.4) is 0 Å². The van der Waals surface area contributed by atoms with Crippen LogP contribution in [0, 0.1) is 10.1 Å². The molecule has 0 saturated carbocycles. The van der Waals surface area contributed by atoms with Crippen LogP contribution in [0.15, 0.2) is 36.4 Å². The first-order valence-electron chi connectivity index (χ1n) is 5.79. The smallest absolute Gasteiger partial charge is 0.335 e. The van der Waals surface area contributed by atoms with Crippen LogP contribution in [0.25, 0.3) is 11.1 Å². The highest BCUT2D eigenvalue weighted by molar-refractivity contribution is 6.32. The Balaban J connectivity index is 2.59. The third-order valence-electron chi connectivity index (χ3n) is 2.86. The van der Waals surface area contributed by atoms with Crippen molar-refractivity contribution in [2.24, 2.45) is 0 Å². The Morgan fingerprint density at radius 1 is 1.24 bits per heavy atom. The molecule has 2 aromatic carbocycles. The highest BCUT2D eigenvalue weighted by atomic mass is 35.5. The molecule has 0 spiro atoms. The van der Waals surface area contributed by atoms with Crippen LogP contribution in [-0.2, 0) is 0 Å². The second kappa shape index (κ2) is 5.80. The maximum Gasteiger partial charge on any atom is 0.335 e. The first-order chi connectivity index (χ1) is 9.92. The molecule has 0 atom stereocenters. The number of carbonyl (C=O) groups is 1. The van der Waals surface area contributed by atoms with E-state index in [0.717, 1.165) is 6.07 Å². The highest BCUT2D eigenvalue weighted by Gasteiger charge is 2.15. The molecule has 0 aromatic heterocycles. The Hall–Kier alpha value is -2.60. The number of nitro groups is 1. The van der Waals surface area contributed by atoms with E-state index in [2.05, 4.69) is 0 Å². The van der Waals surface area contributed by atoms with E-state index in [9.17, 15) is 14.9 Å². The van der Waals surface area contributed by atoms with Gasteiger partial charge in [-0.05, 0) is 29.3 Å². The van der Waals surface area contributed by atoms with Crippen molar-refractivity contribution in [3.05, 3.63) is 57.1 Å². The Morgan fingerprint density at radius 3 is 2.48 bits per heavy atom. The van der Waals surface area contributed by atoms with E-state index in [0.29, 0.717) is 21.9 Å². The minimum absolute atomic E-state index is 0.161. The van der Waals surface area contributed by atoms with Gasteiger partial charge in [-0.2, -0.15) is 0 Å². The molecule has 0 aliphatic rings. The Labute approximate surface area is 124 Å². The topological polar surface area (TPSA) is 89.7 Å². The van der Waals surface area contributed by atoms with Gasteiger partial charge >= 0.3 is 5.97 Å². The standard InChI is InChI=1S/C14H10ClNO5/c1-21-13-3-2-8(7-12(13)15)9-4-10(14(17)18)6-11(5-9)16(19)20/h2-7H,1H3,(H,17,18). The third-order valence-corrected chi connectivity index (χ3v) is 3.16. The molecule has 21 heavy (non-hydrogen) atoms. The average molecular weight is 308 g/mol. The van der Waals surface area contributed by atoms with Crippen molar-refractivity contribution in [1.82, 2.24) is 0 Å². The van der Waals surface area contributed by atoms with Crippen LogP contribution in [0.2, 0.25) is 5.02 Å². The molecule has 2 rings (SSSR count). The fourth-order valence-electron chi connectivity index (χ4n) is 1.85. The first-order valence-corrected chi connectivity index (χ1v) is 6.17. The largest absolute Gasteiger partial charge is 0.495 e. The summed E-state index contributed by atoms with van der Waals surface area (Å²) < 4.78 is 5.03. The molecule has 0 amide bonds. The van der Waals surface area contributed by atoms with Gasteiger partial charge < -0.3 is 9.84 Å². The summed E-state index contributed by atoms with van der Waals surface area (Å²) in [6, 6.07) is 8.48. The Kier molecular flexibility index (Phi) is 4.09. The van der Waals surface area contributed by atoms with Gasteiger partial charge in [0.15, 0.2) is 0 Å². The van der Waals surface area contributed by atoms with E-state index < -0.39 is 10.9 Å².